The maximum atomic E-state index is 14.0. The second-order valence-electron chi connectivity index (χ2n) is 12.1. The Labute approximate surface area is 267 Å². The first-order chi connectivity index (χ1) is 21.3. The number of carbonyl (C=O) groups is 2. The number of carbonyl (C=O) groups excluding carboxylic acids is 2. The topological polar surface area (TPSA) is 88.7 Å². The summed E-state index contributed by atoms with van der Waals surface area (Å²) in [6.45, 7) is 2.33. The zero-order chi connectivity index (χ0) is 30.3. The van der Waals surface area contributed by atoms with Crippen molar-refractivity contribution in [2.45, 2.75) is 36.1 Å². The van der Waals surface area contributed by atoms with Crippen LogP contribution in [0.3, 0.4) is 0 Å². The number of methoxy groups -OCH3 is 1. The molecule has 0 spiro atoms. The molecule has 8 rings (SSSR count). The number of nitrogens with one attached hydrogen (secondary N) is 1. The molecule has 44 heavy (non-hydrogen) atoms. The molecule has 224 valence electrons. The average molecular weight is 645 g/mol. The van der Waals surface area contributed by atoms with E-state index in [4.69, 9.17) is 21.1 Å². The quantitative estimate of drug-likeness (QED) is 0.236. The minimum atomic E-state index is -0.349. The van der Waals surface area contributed by atoms with Crippen LogP contribution in [0.25, 0.3) is 0 Å². The van der Waals surface area contributed by atoms with Gasteiger partial charge in [0.05, 0.1) is 29.7 Å². The Kier molecular flexibility index (Phi) is 6.70. The van der Waals surface area contributed by atoms with Gasteiger partial charge in [-0.2, -0.15) is 0 Å². The third kappa shape index (κ3) is 4.27. The SMILES string of the molecule is COc1cc([C@H]2c3sc(=O)[nH]c3SC3C4CC(C5C(=O)N(c6ccc(C)cc6)C(=O)C45)C32)ccc1OCc1cccc(Cl)c1. The number of H-pyrrole nitrogens is 1. The Morgan fingerprint density at radius 1 is 0.955 bits per heavy atom. The fourth-order valence-electron chi connectivity index (χ4n) is 8.12. The summed E-state index contributed by atoms with van der Waals surface area (Å²) in [4.78, 5) is 45.9. The number of fused-ring (bicyclic) bond motifs is 9. The molecule has 4 aromatic rings. The fourth-order valence-corrected chi connectivity index (χ4v) is 11.2. The van der Waals surface area contributed by atoms with Gasteiger partial charge in [0, 0.05) is 21.1 Å². The summed E-state index contributed by atoms with van der Waals surface area (Å²) in [6.07, 6.45) is 0.838. The molecule has 2 bridgehead atoms. The smallest absolute Gasteiger partial charge is 0.305 e. The molecular weight excluding hydrogens is 616 g/mol. The third-order valence-electron chi connectivity index (χ3n) is 9.85. The molecule has 7 atom stereocenters. The number of imide groups is 1. The number of benzene rings is 3. The minimum absolute atomic E-state index is 0.0366. The number of aromatic amines is 1. The largest absolute Gasteiger partial charge is 0.493 e. The zero-order valence-corrected chi connectivity index (χ0v) is 26.4. The Bertz CT molecular complexity index is 1870. The summed E-state index contributed by atoms with van der Waals surface area (Å²) in [5.41, 5.74) is 3.69. The maximum absolute atomic E-state index is 14.0. The number of nitrogens with zero attached hydrogens (tertiary/aromatic N) is 1. The van der Waals surface area contributed by atoms with Gasteiger partial charge in [-0.05, 0) is 78.6 Å². The van der Waals surface area contributed by atoms with E-state index in [9.17, 15) is 14.4 Å². The molecule has 2 amide bonds. The van der Waals surface area contributed by atoms with Crippen molar-refractivity contribution in [3.8, 4) is 11.5 Å². The lowest BCUT2D eigenvalue weighted by Gasteiger charge is -2.43. The molecule has 10 heteroatoms. The number of thioether (sulfide) groups is 1. The van der Waals surface area contributed by atoms with Crippen LogP contribution >= 0.6 is 34.7 Å². The van der Waals surface area contributed by atoms with Crippen LogP contribution in [0.5, 0.6) is 11.5 Å². The van der Waals surface area contributed by atoms with Crippen LogP contribution in [-0.2, 0) is 16.2 Å². The highest BCUT2D eigenvalue weighted by Gasteiger charge is 2.69. The van der Waals surface area contributed by atoms with E-state index in [1.807, 2.05) is 73.7 Å². The number of aryl methyl sites for hydroxylation is 1. The molecule has 1 aromatic heterocycles. The Hall–Kier alpha value is -3.53. The summed E-state index contributed by atoms with van der Waals surface area (Å²) < 4.78 is 11.9. The number of amides is 2. The molecule has 1 N–H and O–H groups in total. The molecule has 2 saturated carbocycles. The molecule has 3 aromatic carbocycles. The lowest BCUT2D eigenvalue weighted by molar-refractivity contribution is -0.123. The van der Waals surface area contributed by atoms with Gasteiger partial charge in [-0.3, -0.25) is 19.3 Å². The van der Waals surface area contributed by atoms with Crippen LogP contribution in [0.15, 0.2) is 76.6 Å². The van der Waals surface area contributed by atoms with Crippen molar-refractivity contribution in [1.29, 1.82) is 0 Å². The molecule has 3 fully saturated rings. The molecule has 4 aliphatic rings. The highest BCUT2D eigenvalue weighted by Crippen LogP contribution is 2.68. The maximum Gasteiger partial charge on any atom is 0.305 e. The molecule has 2 aliphatic heterocycles. The summed E-state index contributed by atoms with van der Waals surface area (Å²) >= 11 is 9.08. The predicted octanol–water partition coefficient (Wildman–Crippen LogP) is 6.66. The van der Waals surface area contributed by atoms with Gasteiger partial charge in [-0.1, -0.05) is 58.8 Å². The van der Waals surface area contributed by atoms with Gasteiger partial charge < -0.3 is 14.5 Å². The molecular formula is C34H29ClN2O5S2. The van der Waals surface area contributed by atoms with E-state index in [2.05, 4.69) is 4.98 Å². The number of rotatable bonds is 6. The monoisotopic (exact) mass is 644 g/mol. The molecule has 1 saturated heterocycles. The number of hydrogen-bond donors (Lipinski definition) is 1. The van der Waals surface area contributed by atoms with Crippen molar-refractivity contribution in [1.82, 2.24) is 4.98 Å². The van der Waals surface area contributed by atoms with Crippen LogP contribution in [0.2, 0.25) is 5.02 Å². The van der Waals surface area contributed by atoms with Gasteiger partial charge >= 0.3 is 4.87 Å². The first-order valence-corrected chi connectivity index (χ1v) is 16.8. The van der Waals surface area contributed by atoms with Crippen LogP contribution in [-0.4, -0.2) is 29.2 Å². The third-order valence-corrected chi connectivity index (χ3v) is 12.7. The van der Waals surface area contributed by atoms with E-state index in [1.54, 1.807) is 18.9 Å². The summed E-state index contributed by atoms with van der Waals surface area (Å²) in [5.74, 6) is 0.452. The van der Waals surface area contributed by atoms with Gasteiger partial charge in [0.15, 0.2) is 11.5 Å². The number of halogens is 1. The average Bonchev–Trinajstić information content (AvgIpc) is 3.75. The van der Waals surface area contributed by atoms with Crippen molar-refractivity contribution in [3.63, 3.8) is 0 Å². The normalized spacial score (nSPS) is 28.2. The van der Waals surface area contributed by atoms with Crippen molar-refractivity contribution in [2.75, 3.05) is 12.0 Å². The van der Waals surface area contributed by atoms with Gasteiger partial charge in [0.2, 0.25) is 11.8 Å². The fraction of sp³-hybridized carbons (Fsp3) is 0.324. The Morgan fingerprint density at radius 2 is 1.73 bits per heavy atom. The van der Waals surface area contributed by atoms with E-state index < -0.39 is 0 Å². The zero-order valence-electron chi connectivity index (χ0n) is 24.0. The van der Waals surface area contributed by atoms with Crippen LogP contribution in [0.1, 0.15) is 33.9 Å². The van der Waals surface area contributed by atoms with Gasteiger partial charge in [-0.15, -0.1) is 11.8 Å². The van der Waals surface area contributed by atoms with Crippen molar-refractivity contribution >= 4 is 52.2 Å². The Balaban J connectivity index is 1.15. The van der Waals surface area contributed by atoms with E-state index >= 15 is 0 Å². The number of anilines is 1. The minimum Gasteiger partial charge on any atom is -0.493 e. The van der Waals surface area contributed by atoms with Crippen LogP contribution < -0.4 is 19.2 Å². The Morgan fingerprint density at radius 3 is 2.48 bits per heavy atom. The highest BCUT2D eigenvalue weighted by atomic mass is 35.5. The standard InChI is InChI=1S/C34H29ClN2O5S2/c1-16-6-9-20(10-7-16)37-32(38)27-21-14-22(28(27)33(37)39)29-26(21)25(30-31(43-29)36-34(40)44-30)18-8-11-23(24(13-18)41-2)42-15-17-4-3-5-19(35)12-17/h3-13,21-22,25-29H,14-15H2,1-2H3,(H,36,40)/t21?,22?,25-,26?,27?,28?,29?/m1/s1. The van der Waals surface area contributed by atoms with E-state index in [0.717, 1.165) is 33.0 Å². The van der Waals surface area contributed by atoms with E-state index in [1.165, 1.54) is 16.2 Å². The second kappa shape index (κ2) is 10.5. The van der Waals surface area contributed by atoms with Gasteiger partial charge in [0.25, 0.3) is 0 Å². The first-order valence-electron chi connectivity index (χ1n) is 14.7. The van der Waals surface area contributed by atoms with Gasteiger partial charge in [-0.25, -0.2) is 0 Å². The first kappa shape index (κ1) is 28.0. The number of thiazole rings is 1. The highest BCUT2D eigenvalue weighted by molar-refractivity contribution is 8.00. The van der Waals surface area contributed by atoms with E-state index in [-0.39, 0.29) is 57.4 Å². The van der Waals surface area contributed by atoms with Crippen molar-refractivity contribution in [2.24, 2.45) is 29.6 Å². The summed E-state index contributed by atoms with van der Waals surface area (Å²) in [6, 6.07) is 21.1. The predicted molar refractivity (Wildman–Crippen MR) is 171 cm³/mol. The number of hydrogen-bond acceptors (Lipinski definition) is 7. The van der Waals surface area contributed by atoms with Crippen LogP contribution in [0.4, 0.5) is 5.69 Å². The number of ether oxygens (including phenoxy) is 2. The molecule has 6 unspecified atom stereocenters. The molecule has 2 aliphatic carbocycles. The molecule has 3 heterocycles. The second-order valence-corrected chi connectivity index (χ2v) is 14.8. The number of aromatic nitrogens is 1. The van der Waals surface area contributed by atoms with Gasteiger partial charge in [0.1, 0.15) is 6.61 Å². The lowest BCUT2D eigenvalue weighted by Crippen LogP contribution is -2.42. The summed E-state index contributed by atoms with van der Waals surface area (Å²) in [5, 5.41) is 1.64. The summed E-state index contributed by atoms with van der Waals surface area (Å²) in [7, 11) is 1.62. The molecule has 7 nitrogen and oxygen atoms in total. The van der Waals surface area contributed by atoms with Crippen molar-refractivity contribution in [3.05, 3.63) is 103 Å². The molecule has 0 radical (unpaired) electrons. The van der Waals surface area contributed by atoms with E-state index in [0.29, 0.717) is 28.8 Å². The van der Waals surface area contributed by atoms with Crippen LogP contribution in [0, 0.1) is 36.5 Å². The van der Waals surface area contributed by atoms with Crippen molar-refractivity contribution < 1.29 is 19.1 Å². The lowest BCUT2D eigenvalue weighted by atomic mass is 9.68.